The lowest BCUT2D eigenvalue weighted by molar-refractivity contribution is 0.279. The summed E-state index contributed by atoms with van der Waals surface area (Å²) in [5, 5.41) is 7.49. The lowest BCUT2D eigenvalue weighted by Gasteiger charge is -2.14. The summed E-state index contributed by atoms with van der Waals surface area (Å²) >= 11 is 0. The molecule has 0 aliphatic heterocycles. The lowest BCUT2D eigenvalue weighted by atomic mass is 10.1. The molecule has 0 saturated carbocycles. The third-order valence-electron chi connectivity index (χ3n) is 1.38. The van der Waals surface area contributed by atoms with Gasteiger partial charge in [-0.05, 0) is 19.2 Å². The molecule has 0 aromatic heterocycles. The van der Waals surface area contributed by atoms with Crippen LogP contribution >= 0.6 is 7.28 Å². The van der Waals surface area contributed by atoms with E-state index >= 15 is 0 Å². The van der Waals surface area contributed by atoms with E-state index in [0.717, 1.165) is 13.0 Å². The normalized spacial score (nSPS) is 15.2. The molecule has 2 nitrogen and oxygen atoms in total. The number of nitrogens with one attached hydrogen (secondary N) is 1. The van der Waals surface area contributed by atoms with Crippen LogP contribution in [0.4, 0.5) is 0 Å². The van der Waals surface area contributed by atoms with E-state index in [1.54, 1.807) is 0 Å². The average Bonchev–Trinajstić information content (AvgIpc) is 1.81. The van der Waals surface area contributed by atoms with Crippen molar-refractivity contribution in [3.8, 4) is 0 Å². The van der Waals surface area contributed by atoms with Crippen LogP contribution in [0.3, 0.4) is 0 Å². The van der Waals surface area contributed by atoms with Gasteiger partial charge in [0.05, 0.1) is 13.9 Å². The van der Waals surface area contributed by atoms with E-state index in [-0.39, 0.29) is 0 Å². The topological polar surface area (TPSA) is 33.1 Å². The molecule has 1 atom stereocenters. The smallest absolute Gasteiger partial charge is 0.0760 e. The van der Waals surface area contributed by atoms with Gasteiger partial charge >= 0.3 is 0 Å². The molecule has 0 heterocycles. The molecular formula is C7H18NOP. The van der Waals surface area contributed by atoms with E-state index in [1.165, 1.54) is 0 Å². The Morgan fingerprint density at radius 1 is 1.50 bits per heavy atom. The first kappa shape index (κ1) is 10.2. The lowest BCUT2D eigenvalue weighted by Crippen LogP contribution is -2.01. The first-order valence-corrected chi connectivity index (χ1v) is 6.29. The van der Waals surface area contributed by atoms with Crippen molar-refractivity contribution in [3.63, 3.8) is 0 Å². The zero-order valence-electron chi connectivity index (χ0n) is 7.35. The van der Waals surface area contributed by atoms with Crippen LogP contribution in [0.5, 0.6) is 0 Å². The molecule has 0 spiro atoms. The van der Waals surface area contributed by atoms with E-state index in [4.69, 9.17) is 9.69 Å². The van der Waals surface area contributed by atoms with Crippen LogP contribution in [-0.2, 0) is 4.52 Å². The van der Waals surface area contributed by atoms with Crippen molar-refractivity contribution >= 4 is 7.28 Å². The maximum Gasteiger partial charge on any atom is 0.0760 e. The van der Waals surface area contributed by atoms with Crippen LogP contribution in [0.15, 0.2) is 0 Å². The second-order valence-corrected chi connectivity index (χ2v) is 6.12. The van der Waals surface area contributed by atoms with E-state index in [2.05, 4.69) is 13.8 Å². The monoisotopic (exact) mass is 163 g/mol. The quantitative estimate of drug-likeness (QED) is 0.635. The van der Waals surface area contributed by atoms with Gasteiger partial charge in [-0.15, -0.1) is 0 Å². The molecule has 62 valence electrons. The van der Waals surface area contributed by atoms with E-state index < -0.39 is 7.28 Å². The summed E-state index contributed by atoms with van der Waals surface area (Å²) < 4.78 is 5.36. The maximum absolute atomic E-state index is 7.49. The average molecular weight is 163 g/mol. The van der Waals surface area contributed by atoms with Gasteiger partial charge in [0.2, 0.25) is 0 Å². The molecule has 0 rings (SSSR count). The van der Waals surface area contributed by atoms with Crippen LogP contribution in [0.25, 0.3) is 0 Å². The molecule has 10 heavy (non-hydrogen) atoms. The SMILES string of the molecule is CC[C@H](C)COP(C)(C)=N. The van der Waals surface area contributed by atoms with Gasteiger partial charge in [0.1, 0.15) is 0 Å². The predicted molar refractivity (Wildman–Crippen MR) is 46.9 cm³/mol. The molecule has 0 aromatic carbocycles. The molecule has 0 saturated heterocycles. The first-order valence-electron chi connectivity index (χ1n) is 3.69. The zero-order valence-corrected chi connectivity index (χ0v) is 8.24. The molecule has 0 amide bonds. The fraction of sp³-hybridized carbons (Fsp3) is 1.00. The van der Waals surface area contributed by atoms with Crippen LogP contribution in [0.2, 0.25) is 0 Å². The van der Waals surface area contributed by atoms with Gasteiger partial charge in [-0.3, -0.25) is 5.16 Å². The fourth-order valence-electron chi connectivity index (χ4n) is 0.431. The minimum absolute atomic E-state index is 0.602. The Labute approximate surface area is 63.9 Å². The van der Waals surface area contributed by atoms with E-state index in [0.29, 0.717) is 5.92 Å². The molecule has 0 bridgehead atoms. The van der Waals surface area contributed by atoms with Gasteiger partial charge in [-0.25, -0.2) is 0 Å². The van der Waals surface area contributed by atoms with Crippen molar-refractivity contribution < 1.29 is 4.52 Å². The third-order valence-corrected chi connectivity index (χ3v) is 2.17. The second-order valence-electron chi connectivity index (χ2n) is 3.16. The molecule has 1 N–H and O–H groups in total. The summed E-state index contributed by atoms with van der Waals surface area (Å²) in [5.41, 5.74) is 0. The summed E-state index contributed by atoms with van der Waals surface area (Å²) in [7, 11) is -1.73. The molecule has 3 heteroatoms. The molecule has 0 radical (unpaired) electrons. The Bertz CT molecular complexity index is 130. The molecular weight excluding hydrogens is 145 g/mol. The van der Waals surface area contributed by atoms with Gasteiger partial charge in [0.25, 0.3) is 0 Å². The first-order chi connectivity index (χ1) is 4.45. The largest absolute Gasteiger partial charge is 0.345 e. The van der Waals surface area contributed by atoms with Gasteiger partial charge in [-0.1, -0.05) is 20.3 Å². The van der Waals surface area contributed by atoms with Crippen molar-refractivity contribution in [2.45, 2.75) is 20.3 Å². The molecule has 0 aromatic rings. The summed E-state index contributed by atoms with van der Waals surface area (Å²) in [5.74, 6) is 0.602. The highest BCUT2D eigenvalue weighted by Gasteiger charge is 2.04. The van der Waals surface area contributed by atoms with Crippen LogP contribution in [-0.4, -0.2) is 19.9 Å². The summed E-state index contributed by atoms with van der Waals surface area (Å²) in [6, 6.07) is 0. The molecule has 0 aliphatic rings. The second kappa shape index (κ2) is 4.15. The third kappa shape index (κ3) is 6.31. The van der Waals surface area contributed by atoms with Crippen molar-refractivity contribution in [1.29, 1.82) is 5.16 Å². The van der Waals surface area contributed by atoms with Crippen molar-refractivity contribution in [2.75, 3.05) is 19.9 Å². The predicted octanol–water partition coefficient (Wildman–Crippen LogP) is 3.00. The minimum atomic E-state index is -1.73. The van der Waals surface area contributed by atoms with Crippen molar-refractivity contribution in [2.24, 2.45) is 5.92 Å². The standard InChI is InChI=1S/C7H18NOP/c1-5-7(2)6-9-10(3,4)8/h7-8H,5-6H2,1-4H3/t7-/m0/s1. The van der Waals surface area contributed by atoms with Crippen LogP contribution in [0, 0.1) is 11.1 Å². The maximum atomic E-state index is 7.49. The minimum Gasteiger partial charge on any atom is -0.345 e. The van der Waals surface area contributed by atoms with Gasteiger partial charge in [0, 0.05) is 0 Å². The number of rotatable bonds is 4. The highest BCUT2D eigenvalue weighted by Crippen LogP contribution is 2.38. The molecule has 0 fully saturated rings. The number of hydrogen-bond acceptors (Lipinski definition) is 2. The highest BCUT2D eigenvalue weighted by atomic mass is 31.2. The van der Waals surface area contributed by atoms with Gasteiger partial charge < -0.3 is 4.52 Å². The van der Waals surface area contributed by atoms with Crippen LogP contribution in [0.1, 0.15) is 20.3 Å². The van der Waals surface area contributed by atoms with E-state index in [1.807, 2.05) is 13.3 Å². The Morgan fingerprint density at radius 3 is 2.30 bits per heavy atom. The molecule has 0 unspecified atom stereocenters. The highest BCUT2D eigenvalue weighted by molar-refractivity contribution is 7.58. The molecule has 0 aliphatic carbocycles. The Morgan fingerprint density at radius 2 is 2.00 bits per heavy atom. The zero-order chi connectivity index (χ0) is 8.20. The van der Waals surface area contributed by atoms with Gasteiger partial charge in [-0.2, -0.15) is 0 Å². The Balaban J connectivity index is 3.46. The van der Waals surface area contributed by atoms with Crippen LogP contribution < -0.4 is 0 Å². The summed E-state index contributed by atoms with van der Waals surface area (Å²) in [6.45, 7) is 8.78. The van der Waals surface area contributed by atoms with E-state index in [9.17, 15) is 0 Å². The number of hydrogen-bond donors (Lipinski definition) is 1. The Kier molecular flexibility index (Phi) is 4.23. The van der Waals surface area contributed by atoms with Crippen molar-refractivity contribution in [3.05, 3.63) is 0 Å². The summed E-state index contributed by atoms with van der Waals surface area (Å²) in [4.78, 5) is 0. The summed E-state index contributed by atoms with van der Waals surface area (Å²) in [6.07, 6.45) is 1.14. The van der Waals surface area contributed by atoms with Gasteiger partial charge in [0.15, 0.2) is 0 Å². The Hall–Kier alpha value is 0.190. The van der Waals surface area contributed by atoms with Crippen molar-refractivity contribution in [1.82, 2.24) is 0 Å². The fourth-order valence-corrected chi connectivity index (χ4v) is 1.06.